The van der Waals surface area contributed by atoms with Crippen molar-refractivity contribution in [2.45, 2.75) is 26.7 Å². The molecule has 1 heteroatoms. The van der Waals surface area contributed by atoms with E-state index in [1.807, 2.05) is 31.2 Å². The standard InChI is InChI=1S/C44H43N/c1-8-16-36(10-3)37(11-4)19-15-20-43-30-42(33(6)29-32(5)34(7)38-23-21-35(9-2)22-24-38)31-44(45-43)41-27-25-40(26-28-41)39-17-13-12-14-18-39/h8-19,21-28,30-32H,1-3,6-7,20,29H2,4-5H3/b19-15-,36-16+,37-11+/t32-/m1/s1. The van der Waals surface area contributed by atoms with Crippen molar-refractivity contribution in [1.29, 1.82) is 0 Å². The Balaban J connectivity index is 1.63. The topological polar surface area (TPSA) is 12.9 Å². The van der Waals surface area contributed by atoms with Crippen LogP contribution in [0.1, 0.15) is 42.7 Å². The van der Waals surface area contributed by atoms with Crippen molar-refractivity contribution in [2.24, 2.45) is 5.92 Å². The van der Waals surface area contributed by atoms with Crippen LogP contribution in [0.15, 0.2) is 171 Å². The Hall–Kier alpha value is -5.27. The third-order valence-corrected chi connectivity index (χ3v) is 8.03. The molecule has 0 radical (unpaired) electrons. The van der Waals surface area contributed by atoms with Crippen molar-refractivity contribution in [1.82, 2.24) is 4.98 Å². The molecule has 0 saturated heterocycles. The zero-order chi connectivity index (χ0) is 32.2. The maximum absolute atomic E-state index is 5.10. The molecule has 0 aliphatic heterocycles. The molecule has 1 heterocycles. The van der Waals surface area contributed by atoms with Gasteiger partial charge in [-0.2, -0.15) is 0 Å². The van der Waals surface area contributed by atoms with Crippen LogP contribution in [0.4, 0.5) is 0 Å². The zero-order valence-electron chi connectivity index (χ0n) is 26.7. The van der Waals surface area contributed by atoms with E-state index in [2.05, 4.69) is 143 Å². The quantitative estimate of drug-likeness (QED) is 0.134. The van der Waals surface area contributed by atoms with Gasteiger partial charge in [0, 0.05) is 17.7 Å². The Morgan fingerprint density at radius 2 is 1.44 bits per heavy atom. The largest absolute Gasteiger partial charge is 0.252 e. The fourth-order valence-corrected chi connectivity index (χ4v) is 5.31. The van der Waals surface area contributed by atoms with E-state index >= 15 is 0 Å². The Morgan fingerprint density at radius 1 is 0.778 bits per heavy atom. The van der Waals surface area contributed by atoms with Crippen LogP contribution < -0.4 is 0 Å². The fourth-order valence-electron chi connectivity index (χ4n) is 5.31. The smallest absolute Gasteiger partial charge is 0.0711 e. The number of rotatable bonds is 14. The molecule has 3 aromatic carbocycles. The van der Waals surface area contributed by atoms with Crippen LogP contribution in [-0.2, 0) is 6.42 Å². The minimum absolute atomic E-state index is 0.225. The van der Waals surface area contributed by atoms with Gasteiger partial charge in [0.1, 0.15) is 0 Å². The second-order valence-corrected chi connectivity index (χ2v) is 11.1. The molecule has 0 bridgehead atoms. The van der Waals surface area contributed by atoms with E-state index in [-0.39, 0.29) is 5.92 Å². The Morgan fingerprint density at radius 3 is 2.07 bits per heavy atom. The monoisotopic (exact) mass is 585 g/mol. The van der Waals surface area contributed by atoms with Crippen molar-refractivity contribution in [3.05, 3.63) is 194 Å². The number of aromatic nitrogens is 1. The molecule has 1 nitrogen and oxygen atoms in total. The first kappa shape index (κ1) is 32.6. The third kappa shape index (κ3) is 8.65. The minimum atomic E-state index is 0.225. The maximum atomic E-state index is 5.10. The molecule has 0 amide bonds. The summed E-state index contributed by atoms with van der Waals surface area (Å²) in [7, 11) is 0. The summed E-state index contributed by atoms with van der Waals surface area (Å²) < 4.78 is 0. The average Bonchev–Trinajstić information content (AvgIpc) is 3.09. The molecule has 0 spiro atoms. The van der Waals surface area contributed by atoms with Crippen LogP contribution in [-0.4, -0.2) is 4.98 Å². The number of allylic oxidation sites excluding steroid dienone is 10. The molecule has 1 aromatic heterocycles. The lowest BCUT2D eigenvalue weighted by molar-refractivity contribution is 0.779. The van der Waals surface area contributed by atoms with Crippen molar-refractivity contribution >= 4 is 17.2 Å². The highest BCUT2D eigenvalue weighted by atomic mass is 14.7. The Kier molecular flexibility index (Phi) is 11.6. The highest BCUT2D eigenvalue weighted by molar-refractivity contribution is 5.75. The Labute approximate surface area is 270 Å². The van der Waals surface area contributed by atoms with Crippen molar-refractivity contribution in [3.63, 3.8) is 0 Å². The van der Waals surface area contributed by atoms with Crippen LogP contribution >= 0.6 is 0 Å². The number of benzene rings is 3. The molecule has 1 atom stereocenters. The summed E-state index contributed by atoms with van der Waals surface area (Å²) in [5.74, 6) is 0.225. The van der Waals surface area contributed by atoms with Crippen molar-refractivity contribution < 1.29 is 0 Å². The maximum Gasteiger partial charge on any atom is 0.0711 e. The molecule has 0 aliphatic carbocycles. The predicted octanol–water partition coefficient (Wildman–Crippen LogP) is 12.2. The predicted molar refractivity (Wildman–Crippen MR) is 199 cm³/mol. The number of nitrogens with zero attached hydrogens (tertiary/aromatic N) is 1. The van der Waals surface area contributed by atoms with Gasteiger partial charge in [-0.1, -0.05) is 161 Å². The summed E-state index contributed by atoms with van der Waals surface area (Å²) in [5, 5.41) is 0. The van der Waals surface area contributed by atoms with E-state index in [0.29, 0.717) is 6.42 Å². The minimum Gasteiger partial charge on any atom is -0.252 e. The van der Waals surface area contributed by atoms with Crippen molar-refractivity contribution in [2.75, 3.05) is 0 Å². The first-order valence-electron chi connectivity index (χ1n) is 15.4. The lowest BCUT2D eigenvalue weighted by Crippen LogP contribution is -2.01. The van der Waals surface area contributed by atoms with Crippen LogP contribution in [0.25, 0.3) is 39.6 Å². The highest BCUT2D eigenvalue weighted by Gasteiger charge is 2.14. The molecular formula is C44H43N. The van der Waals surface area contributed by atoms with Gasteiger partial charge < -0.3 is 0 Å². The third-order valence-electron chi connectivity index (χ3n) is 8.03. The second-order valence-electron chi connectivity index (χ2n) is 11.1. The molecule has 0 unspecified atom stereocenters. The van der Waals surface area contributed by atoms with Gasteiger partial charge in [-0.3, -0.25) is 4.98 Å². The lowest BCUT2D eigenvalue weighted by atomic mass is 9.87. The molecule has 4 rings (SSSR count). The summed E-state index contributed by atoms with van der Waals surface area (Å²) in [5.41, 5.74) is 13.0. The van der Waals surface area contributed by atoms with E-state index in [1.165, 1.54) is 11.1 Å². The van der Waals surface area contributed by atoms with E-state index in [1.54, 1.807) is 6.08 Å². The molecular weight excluding hydrogens is 542 g/mol. The van der Waals surface area contributed by atoms with Gasteiger partial charge in [-0.25, -0.2) is 0 Å². The molecule has 0 aliphatic rings. The van der Waals surface area contributed by atoms with Crippen LogP contribution in [0.2, 0.25) is 0 Å². The van der Waals surface area contributed by atoms with Crippen LogP contribution in [0.5, 0.6) is 0 Å². The van der Waals surface area contributed by atoms with Crippen LogP contribution in [0.3, 0.4) is 0 Å². The van der Waals surface area contributed by atoms with Gasteiger partial charge in [-0.15, -0.1) is 0 Å². The van der Waals surface area contributed by atoms with Gasteiger partial charge in [-0.05, 0) is 81.5 Å². The molecule has 224 valence electrons. The molecule has 4 aromatic rings. The summed E-state index contributed by atoms with van der Waals surface area (Å²) in [4.78, 5) is 5.10. The molecule has 45 heavy (non-hydrogen) atoms. The average molecular weight is 586 g/mol. The summed E-state index contributed by atoms with van der Waals surface area (Å²) in [6.07, 6.45) is 15.3. The normalized spacial score (nSPS) is 12.5. The fraction of sp³-hybridized carbons (Fsp3) is 0.114. The first-order chi connectivity index (χ1) is 21.9. The zero-order valence-corrected chi connectivity index (χ0v) is 26.7. The molecule has 0 saturated carbocycles. The summed E-state index contributed by atoms with van der Waals surface area (Å²) in [6, 6.07) is 31.8. The van der Waals surface area contributed by atoms with Gasteiger partial charge >= 0.3 is 0 Å². The van der Waals surface area contributed by atoms with E-state index in [9.17, 15) is 0 Å². The van der Waals surface area contributed by atoms with Gasteiger partial charge in [0.25, 0.3) is 0 Å². The number of pyridine rings is 1. The number of hydrogen-bond acceptors (Lipinski definition) is 1. The van der Waals surface area contributed by atoms with Gasteiger partial charge in [0.2, 0.25) is 0 Å². The molecule has 0 N–H and O–H groups in total. The SMILES string of the molecule is C=C/C=C(C=C)/C(/C=C\Cc1cc(C(=C)C[C@@H](C)C(=C)c2ccc(C=C)cc2)cc(-c2ccc(-c3ccccc3)cc2)n1)=C/C. The summed E-state index contributed by atoms with van der Waals surface area (Å²) >= 11 is 0. The van der Waals surface area contributed by atoms with Crippen molar-refractivity contribution in [3.8, 4) is 22.4 Å². The first-order valence-corrected chi connectivity index (χ1v) is 15.4. The molecule has 0 fully saturated rings. The number of hydrogen-bond donors (Lipinski definition) is 0. The van der Waals surface area contributed by atoms with E-state index < -0.39 is 0 Å². The Bertz CT molecular complexity index is 1760. The highest BCUT2D eigenvalue weighted by Crippen LogP contribution is 2.32. The van der Waals surface area contributed by atoms with Gasteiger partial charge in [0.05, 0.1) is 5.69 Å². The van der Waals surface area contributed by atoms with Gasteiger partial charge in [0.15, 0.2) is 0 Å². The van der Waals surface area contributed by atoms with E-state index in [0.717, 1.165) is 62.4 Å². The van der Waals surface area contributed by atoms with Crippen LogP contribution in [0, 0.1) is 5.92 Å². The summed E-state index contributed by atoms with van der Waals surface area (Å²) in [6.45, 7) is 24.9. The second kappa shape index (κ2) is 16.0. The van der Waals surface area contributed by atoms with E-state index in [4.69, 9.17) is 4.98 Å². The lowest BCUT2D eigenvalue weighted by Gasteiger charge is -2.18.